The molecule has 6 nitrogen and oxygen atoms in total. The average molecular weight is 256 g/mol. The molecule has 0 aromatic carbocycles. The van der Waals surface area contributed by atoms with Crippen molar-refractivity contribution in [3.05, 3.63) is 11.5 Å². The number of H-pyrrole nitrogens is 1. The lowest BCUT2D eigenvalue weighted by molar-refractivity contribution is 0.301. The molecule has 92 valence electrons. The van der Waals surface area contributed by atoms with Crippen LogP contribution < -0.4 is 4.90 Å². The molecule has 2 N–H and O–H groups in total. The zero-order valence-corrected chi connectivity index (χ0v) is 10.3. The third-order valence-electron chi connectivity index (χ3n) is 2.43. The van der Waals surface area contributed by atoms with E-state index in [2.05, 4.69) is 27.1 Å². The molecule has 0 amide bonds. The highest BCUT2D eigenvalue weighted by Gasteiger charge is 2.14. The van der Waals surface area contributed by atoms with Gasteiger partial charge in [-0.1, -0.05) is 6.92 Å². The predicted octanol–water partition coefficient (Wildman–Crippen LogP) is 1.21. The maximum absolute atomic E-state index is 9.08. The number of fused-ring (bicyclic) bond motifs is 1. The van der Waals surface area contributed by atoms with Crippen molar-refractivity contribution in [2.24, 2.45) is 0 Å². The van der Waals surface area contributed by atoms with E-state index in [0.29, 0.717) is 18.0 Å². The van der Waals surface area contributed by atoms with Crippen molar-refractivity contribution in [2.45, 2.75) is 13.3 Å². The summed E-state index contributed by atoms with van der Waals surface area (Å²) in [5.41, 5.74) is 0.610. The van der Waals surface area contributed by atoms with E-state index in [0.717, 1.165) is 18.4 Å². The van der Waals surface area contributed by atoms with E-state index in [1.54, 1.807) is 6.20 Å². The Bertz CT molecular complexity index is 494. The molecule has 0 aliphatic heterocycles. The zero-order valence-electron chi connectivity index (χ0n) is 9.52. The van der Waals surface area contributed by atoms with Crippen LogP contribution in [0.3, 0.4) is 0 Å². The molecule has 0 spiro atoms. The second-order valence-corrected chi connectivity index (χ2v) is 4.00. The van der Waals surface area contributed by atoms with Gasteiger partial charge < -0.3 is 10.0 Å². The quantitative estimate of drug-likeness (QED) is 0.786. The number of nitrogens with one attached hydrogen (secondary N) is 1. The zero-order chi connectivity index (χ0) is 12.3. The fourth-order valence-electron chi connectivity index (χ4n) is 1.75. The van der Waals surface area contributed by atoms with Crippen LogP contribution in [0, 0.1) is 0 Å². The normalized spacial score (nSPS) is 11.0. The summed E-state index contributed by atoms with van der Waals surface area (Å²) in [5, 5.41) is 16.8. The fourth-order valence-corrected chi connectivity index (χ4v) is 1.91. The van der Waals surface area contributed by atoms with E-state index in [-0.39, 0.29) is 11.9 Å². The Morgan fingerprint density at radius 1 is 1.41 bits per heavy atom. The Morgan fingerprint density at radius 2 is 2.24 bits per heavy atom. The molecule has 0 atom stereocenters. The maximum atomic E-state index is 9.08. The van der Waals surface area contributed by atoms with E-state index in [4.69, 9.17) is 16.7 Å². The van der Waals surface area contributed by atoms with Crippen LogP contribution in [0.25, 0.3) is 11.0 Å². The Kier molecular flexibility index (Phi) is 3.75. The summed E-state index contributed by atoms with van der Waals surface area (Å²) in [6.45, 7) is 3.45. The summed E-state index contributed by atoms with van der Waals surface area (Å²) in [6.07, 6.45) is 2.63. The Hall–Kier alpha value is -1.40. The third kappa shape index (κ3) is 2.48. The van der Waals surface area contributed by atoms with Gasteiger partial charge in [0, 0.05) is 13.1 Å². The molecular weight excluding hydrogens is 242 g/mol. The predicted molar refractivity (Wildman–Crippen MR) is 66.3 cm³/mol. The molecule has 0 saturated heterocycles. The summed E-state index contributed by atoms with van der Waals surface area (Å²) < 4.78 is 0. The van der Waals surface area contributed by atoms with Gasteiger partial charge in [-0.2, -0.15) is 15.1 Å². The van der Waals surface area contributed by atoms with Crippen molar-refractivity contribution in [1.29, 1.82) is 0 Å². The van der Waals surface area contributed by atoms with Crippen molar-refractivity contribution >= 4 is 28.5 Å². The first-order chi connectivity index (χ1) is 8.26. The number of halogens is 1. The highest BCUT2D eigenvalue weighted by Crippen LogP contribution is 2.23. The SMILES string of the molecule is CCCN(CCO)c1nc(Cl)nc2[nH]ncc12. The van der Waals surface area contributed by atoms with Gasteiger partial charge in [0.1, 0.15) is 5.82 Å². The molecular formula is C10H14ClN5O. The second-order valence-electron chi connectivity index (χ2n) is 3.66. The number of aliphatic hydroxyl groups excluding tert-OH is 1. The molecule has 0 aliphatic rings. The van der Waals surface area contributed by atoms with Crippen LogP contribution in [0.15, 0.2) is 6.20 Å². The number of aromatic amines is 1. The molecule has 2 aromatic rings. The van der Waals surface area contributed by atoms with Crippen molar-refractivity contribution in [2.75, 3.05) is 24.6 Å². The lowest BCUT2D eigenvalue weighted by Crippen LogP contribution is -2.28. The lowest BCUT2D eigenvalue weighted by atomic mass is 10.3. The molecule has 7 heteroatoms. The Balaban J connectivity index is 2.46. The minimum Gasteiger partial charge on any atom is -0.395 e. The first kappa shape index (κ1) is 12.1. The van der Waals surface area contributed by atoms with E-state index < -0.39 is 0 Å². The van der Waals surface area contributed by atoms with Gasteiger partial charge in [0.2, 0.25) is 5.28 Å². The van der Waals surface area contributed by atoms with E-state index in [1.807, 2.05) is 4.90 Å². The molecule has 2 aromatic heterocycles. The van der Waals surface area contributed by atoms with Crippen LogP contribution in [0.2, 0.25) is 5.28 Å². The standard InChI is InChI=1S/C10H14ClN5O/c1-2-3-16(4-5-17)9-7-6-12-15-8(7)13-10(11)14-9/h6,17H,2-5H2,1H3,(H,12,13,14,15). The van der Waals surface area contributed by atoms with E-state index >= 15 is 0 Å². The topological polar surface area (TPSA) is 77.9 Å². The van der Waals surface area contributed by atoms with Crippen LogP contribution in [-0.2, 0) is 0 Å². The molecule has 0 aliphatic carbocycles. The molecule has 0 radical (unpaired) electrons. The smallest absolute Gasteiger partial charge is 0.226 e. The van der Waals surface area contributed by atoms with Crippen molar-refractivity contribution in [3.8, 4) is 0 Å². The number of hydrogen-bond acceptors (Lipinski definition) is 5. The number of nitrogens with zero attached hydrogens (tertiary/aromatic N) is 4. The van der Waals surface area contributed by atoms with Gasteiger partial charge in [-0.3, -0.25) is 5.10 Å². The molecule has 17 heavy (non-hydrogen) atoms. The van der Waals surface area contributed by atoms with E-state index in [1.165, 1.54) is 0 Å². The molecule has 0 bridgehead atoms. The van der Waals surface area contributed by atoms with Gasteiger partial charge in [-0.25, -0.2) is 0 Å². The highest BCUT2D eigenvalue weighted by atomic mass is 35.5. The van der Waals surface area contributed by atoms with Crippen molar-refractivity contribution in [1.82, 2.24) is 20.2 Å². The van der Waals surface area contributed by atoms with Crippen molar-refractivity contribution in [3.63, 3.8) is 0 Å². The Morgan fingerprint density at radius 3 is 2.94 bits per heavy atom. The summed E-state index contributed by atoms with van der Waals surface area (Å²) in [7, 11) is 0. The fraction of sp³-hybridized carbons (Fsp3) is 0.500. The van der Waals surface area contributed by atoms with Gasteiger partial charge in [0.05, 0.1) is 18.2 Å². The summed E-state index contributed by atoms with van der Waals surface area (Å²) in [4.78, 5) is 10.2. The summed E-state index contributed by atoms with van der Waals surface area (Å²) >= 11 is 5.87. The van der Waals surface area contributed by atoms with Gasteiger partial charge in [-0.05, 0) is 18.0 Å². The minimum atomic E-state index is 0.0704. The van der Waals surface area contributed by atoms with E-state index in [9.17, 15) is 0 Å². The average Bonchev–Trinajstić information content (AvgIpc) is 2.75. The number of hydrogen-bond donors (Lipinski definition) is 2. The van der Waals surface area contributed by atoms with Crippen LogP contribution in [-0.4, -0.2) is 45.0 Å². The largest absolute Gasteiger partial charge is 0.395 e. The third-order valence-corrected chi connectivity index (χ3v) is 2.59. The number of anilines is 1. The van der Waals surface area contributed by atoms with Crippen molar-refractivity contribution < 1.29 is 5.11 Å². The summed E-state index contributed by atoms with van der Waals surface area (Å²) in [5.74, 6) is 0.713. The molecule has 0 unspecified atom stereocenters. The monoisotopic (exact) mass is 255 g/mol. The molecule has 2 rings (SSSR count). The van der Waals surface area contributed by atoms with Crippen LogP contribution in [0.4, 0.5) is 5.82 Å². The first-order valence-electron chi connectivity index (χ1n) is 5.48. The van der Waals surface area contributed by atoms with Gasteiger partial charge in [-0.15, -0.1) is 0 Å². The second kappa shape index (κ2) is 5.29. The maximum Gasteiger partial charge on any atom is 0.226 e. The molecule has 0 saturated carbocycles. The van der Waals surface area contributed by atoms with Gasteiger partial charge in [0.25, 0.3) is 0 Å². The first-order valence-corrected chi connectivity index (χ1v) is 5.86. The lowest BCUT2D eigenvalue weighted by Gasteiger charge is -2.22. The number of rotatable bonds is 5. The highest BCUT2D eigenvalue weighted by molar-refractivity contribution is 6.28. The van der Waals surface area contributed by atoms with Crippen LogP contribution in [0.5, 0.6) is 0 Å². The van der Waals surface area contributed by atoms with Crippen LogP contribution >= 0.6 is 11.6 Å². The van der Waals surface area contributed by atoms with Crippen LogP contribution in [0.1, 0.15) is 13.3 Å². The van der Waals surface area contributed by atoms with Gasteiger partial charge in [0.15, 0.2) is 5.65 Å². The van der Waals surface area contributed by atoms with Gasteiger partial charge >= 0.3 is 0 Å². The number of aliphatic hydroxyl groups is 1. The Labute approximate surface area is 104 Å². The molecule has 2 heterocycles. The summed E-state index contributed by atoms with van der Waals surface area (Å²) in [6, 6.07) is 0. The molecule has 0 fully saturated rings. The number of aromatic nitrogens is 4. The minimum absolute atomic E-state index is 0.0704.